The fraction of sp³-hybridized carbons (Fsp3) is 0.500. The fourth-order valence-electron chi connectivity index (χ4n) is 1.71. The van der Waals surface area contributed by atoms with Gasteiger partial charge in [0.1, 0.15) is 5.75 Å². The van der Waals surface area contributed by atoms with Crippen molar-refractivity contribution in [2.24, 2.45) is 10.7 Å². The minimum absolute atomic E-state index is 0.467. The molecule has 0 saturated carbocycles. The number of guanidine groups is 1. The Bertz CT molecular complexity index is 373. The summed E-state index contributed by atoms with van der Waals surface area (Å²) in [6.07, 6.45) is 0.985. The second-order valence-electron chi connectivity index (χ2n) is 4.26. The zero-order valence-electron chi connectivity index (χ0n) is 11.4. The minimum atomic E-state index is 0.467. The van der Waals surface area contributed by atoms with E-state index in [1.54, 1.807) is 7.11 Å². The second-order valence-corrected chi connectivity index (χ2v) is 4.26. The summed E-state index contributed by atoms with van der Waals surface area (Å²) in [6, 6.07) is 8.17. The van der Waals surface area contributed by atoms with Gasteiger partial charge in [0.2, 0.25) is 0 Å². The van der Waals surface area contributed by atoms with E-state index in [-0.39, 0.29) is 0 Å². The molecule has 4 heteroatoms. The molecule has 1 aromatic carbocycles. The lowest BCUT2D eigenvalue weighted by atomic mass is 9.98. The molecular formula is C14H23N3O. The van der Waals surface area contributed by atoms with Crippen molar-refractivity contribution in [2.75, 3.05) is 20.2 Å². The number of rotatable bonds is 6. The van der Waals surface area contributed by atoms with Crippen LogP contribution in [0.1, 0.15) is 31.7 Å². The Morgan fingerprint density at radius 2 is 2.06 bits per heavy atom. The number of benzene rings is 1. The number of nitrogens with zero attached hydrogens (tertiary/aromatic N) is 1. The number of hydrogen-bond acceptors (Lipinski definition) is 2. The van der Waals surface area contributed by atoms with Gasteiger partial charge < -0.3 is 15.8 Å². The standard InChI is InChI=1S/C14H23N3O/c1-4-16-14(15)17-10-9-11(2)12-5-7-13(18-3)8-6-12/h5-8,11H,4,9-10H2,1-3H3,(H3,15,16,17). The van der Waals surface area contributed by atoms with Gasteiger partial charge in [0.25, 0.3) is 0 Å². The largest absolute Gasteiger partial charge is 0.497 e. The third kappa shape index (κ3) is 4.65. The van der Waals surface area contributed by atoms with Gasteiger partial charge in [-0.1, -0.05) is 19.1 Å². The normalized spacial score (nSPS) is 13.2. The van der Waals surface area contributed by atoms with Crippen LogP contribution in [0.3, 0.4) is 0 Å². The third-order valence-corrected chi connectivity index (χ3v) is 2.89. The number of hydrogen-bond donors (Lipinski definition) is 2. The quantitative estimate of drug-likeness (QED) is 0.599. The molecule has 0 aliphatic carbocycles. The Hall–Kier alpha value is -1.71. The van der Waals surface area contributed by atoms with Crippen molar-refractivity contribution in [1.82, 2.24) is 5.32 Å². The first-order valence-corrected chi connectivity index (χ1v) is 6.35. The smallest absolute Gasteiger partial charge is 0.188 e. The van der Waals surface area contributed by atoms with Crippen molar-refractivity contribution in [2.45, 2.75) is 26.2 Å². The summed E-state index contributed by atoms with van der Waals surface area (Å²) < 4.78 is 5.14. The van der Waals surface area contributed by atoms with Crippen LogP contribution in [0.2, 0.25) is 0 Å². The Balaban J connectivity index is 2.44. The van der Waals surface area contributed by atoms with E-state index in [0.29, 0.717) is 11.9 Å². The molecule has 0 aliphatic heterocycles. The Morgan fingerprint density at radius 3 is 2.61 bits per heavy atom. The summed E-state index contributed by atoms with van der Waals surface area (Å²) in [5, 5.41) is 2.99. The minimum Gasteiger partial charge on any atom is -0.497 e. The molecule has 0 fully saturated rings. The molecule has 0 spiro atoms. The van der Waals surface area contributed by atoms with Crippen molar-refractivity contribution in [3.8, 4) is 5.75 Å². The van der Waals surface area contributed by atoms with Crippen LogP contribution >= 0.6 is 0 Å². The van der Waals surface area contributed by atoms with E-state index in [1.807, 2.05) is 19.1 Å². The molecule has 3 N–H and O–H groups in total. The van der Waals surface area contributed by atoms with Crippen LogP contribution in [0, 0.1) is 0 Å². The summed E-state index contributed by atoms with van der Waals surface area (Å²) >= 11 is 0. The van der Waals surface area contributed by atoms with Crippen LogP contribution in [-0.4, -0.2) is 26.2 Å². The summed E-state index contributed by atoms with van der Waals surface area (Å²) in [7, 11) is 1.68. The molecular weight excluding hydrogens is 226 g/mol. The van der Waals surface area contributed by atoms with E-state index in [2.05, 4.69) is 29.4 Å². The summed E-state index contributed by atoms with van der Waals surface area (Å²) in [4.78, 5) is 4.27. The van der Waals surface area contributed by atoms with Crippen molar-refractivity contribution >= 4 is 5.96 Å². The molecule has 1 rings (SSSR count). The van der Waals surface area contributed by atoms with Crippen LogP contribution in [-0.2, 0) is 0 Å². The van der Waals surface area contributed by atoms with E-state index >= 15 is 0 Å². The maximum absolute atomic E-state index is 5.67. The predicted octanol–water partition coefficient (Wildman–Crippen LogP) is 2.11. The zero-order valence-corrected chi connectivity index (χ0v) is 11.4. The maximum atomic E-state index is 5.67. The topological polar surface area (TPSA) is 59.6 Å². The van der Waals surface area contributed by atoms with Gasteiger partial charge in [0.15, 0.2) is 5.96 Å². The molecule has 0 amide bonds. The summed E-state index contributed by atoms with van der Waals surface area (Å²) in [5.41, 5.74) is 6.97. The average molecular weight is 249 g/mol. The van der Waals surface area contributed by atoms with E-state index in [9.17, 15) is 0 Å². The van der Waals surface area contributed by atoms with Crippen molar-refractivity contribution in [3.05, 3.63) is 29.8 Å². The SMILES string of the molecule is CCNC(N)=NCCC(C)c1ccc(OC)cc1. The first-order valence-electron chi connectivity index (χ1n) is 6.35. The van der Waals surface area contributed by atoms with Crippen molar-refractivity contribution in [3.63, 3.8) is 0 Å². The third-order valence-electron chi connectivity index (χ3n) is 2.89. The van der Waals surface area contributed by atoms with E-state index in [1.165, 1.54) is 5.56 Å². The summed E-state index contributed by atoms with van der Waals surface area (Å²) in [5.74, 6) is 1.88. The van der Waals surface area contributed by atoms with Gasteiger partial charge in [-0.25, -0.2) is 0 Å². The van der Waals surface area contributed by atoms with E-state index in [0.717, 1.165) is 25.3 Å². The molecule has 0 aliphatic rings. The number of aliphatic imine (C=N–C) groups is 1. The maximum Gasteiger partial charge on any atom is 0.188 e. The van der Waals surface area contributed by atoms with Crippen LogP contribution in [0.4, 0.5) is 0 Å². The van der Waals surface area contributed by atoms with E-state index < -0.39 is 0 Å². The molecule has 4 nitrogen and oxygen atoms in total. The van der Waals surface area contributed by atoms with Crippen molar-refractivity contribution < 1.29 is 4.74 Å². The lowest BCUT2D eigenvalue weighted by Crippen LogP contribution is -2.31. The van der Waals surface area contributed by atoms with Gasteiger partial charge in [-0.3, -0.25) is 4.99 Å². The van der Waals surface area contributed by atoms with Gasteiger partial charge >= 0.3 is 0 Å². The van der Waals surface area contributed by atoms with Crippen LogP contribution < -0.4 is 15.8 Å². The molecule has 18 heavy (non-hydrogen) atoms. The molecule has 1 atom stereocenters. The lowest BCUT2D eigenvalue weighted by molar-refractivity contribution is 0.414. The highest BCUT2D eigenvalue weighted by Crippen LogP contribution is 2.21. The molecule has 0 saturated heterocycles. The van der Waals surface area contributed by atoms with Crippen molar-refractivity contribution in [1.29, 1.82) is 0 Å². The Kier molecular flexibility index (Phi) is 6.05. The van der Waals surface area contributed by atoms with Gasteiger partial charge in [-0.2, -0.15) is 0 Å². The predicted molar refractivity (Wildman–Crippen MR) is 76.2 cm³/mol. The molecule has 0 aromatic heterocycles. The monoisotopic (exact) mass is 249 g/mol. The summed E-state index contributed by atoms with van der Waals surface area (Å²) in [6.45, 7) is 5.75. The van der Waals surface area contributed by atoms with Gasteiger partial charge in [0, 0.05) is 13.1 Å². The molecule has 0 radical (unpaired) electrons. The highest BCUT2D eigenvalue weighted by Gasteiger charge is 2.05. The van der Waals surface area contributed by atoms with Crippen LogP contribution in [0.15, 0.2) is 29.3 Å². The highest BCUT2D eigenvalue weighted by atomic mass is 16.5. The highest BCUT2D eigenvalue weighted by molar-refractivity contribution is 5.77. The molecule has 1 unspecified atom stereocenters. The van der Waals surface area contributed by atoms with Gasteiger partial charge in [0.05, 0.1) is 7.11 Å². The number of ether oxygens (including phenoxy) is 1. The fourth-order valence-corrected chi connectivity index (χ4v) is 1.71. The number of nitrogens with two attached hydrogens (primary N) is 1. The van der Waals surface area contributed by atoms with Gasteiger partial charge in [-0.15, -0.1) is 0 Å². The Labute approximate surface area is 109 Å². The average Bonchev–Trinajstić information content (AvgIpc) is 2.39. The van der Waals surface area contributed by atoms with Crippen LogP contribution in [0.5, 0.6) is 5.75 Å². The first-order chi connectivity index (χ1) is 8.67. The van der Waals surface area contributed by atoms with Crippen LogP contribution in [0.25, 0.3) is 0 Å². The molecule has 1 aromatic rings. The van der Waals surface area contributed by atoms with Gasteiger partial charge in [-0.05, 0) is 37.0 Å². The van der Waals surface area contributed by atoms with E-state index in [4.69, 9.17) is 10.5 Å². The molecule has 0 bridgehead atoms. The lowest BCUT2D eigenvalue weighted by Gasteiger charge is -2.11. The number of nitrogens with one attached hydrogen (secondary N) is 1. The second kappa shape index (κ2) is 7.58. The number of methoxy groups -OCH3 is 1. The molecule has 0 heterocycles. The first kappa shape index (κ1) is 14.4. The Morgan fingerprint density at radius 1 is 1.39 bits per heavy atom. The molecule has 100 valence electrons. The zero-order chi connectivity index (χ0) is 13.4.